The lowest BCUT2D eigenvalue weighted by atomic mass is 10.3. The molecule has 4 nitrogen and oxygen atoms in total. The van der Waals surface area contributed by atoms with Crippen LogP contribution in [0.3, 0.4) is 0 Å². The van der Waals surface area contributed by atoms with Crippen LogP contribution in [0, 0.1) is 10.1 Å². The van der Waals surface area contributed by atoms with Gasteiger partial charge in [-0.25, -0.2) is 0 Å². The molecule has 1 aromatic rings. The highest BCUT2D eigenvalue weighted by atomic mass is 32.2. The van der Waals surface area contributed by atoms with Crippen LogP contribution < -0.4 is 0 Å². The fraction of sp³-hybridized carbons (Fsp3) is 0.300. The number of hydrogen-bond donors (Lipinski definition) is 0. The zero-order valence-corrected chi connectivity index (χ0v) is 10.3. The SMILES string of the molecule is CC(=O)SCCC=Cc1ccc([N+](=O)[O-])s1. The lowest BCUT2D eigenvalue weighted by molar-refractivity contribution is -0.380. The van der Waals surface area contributed by atoms with Crippen molar-refractivity contribution in [3.63, 3.8) is 0 Å². The number of thioether (sulfide) groups is 1. The van der Waals surface area contributed by atoms with Crippen LogP contribution in [0.1, 0.15) is 18.2 Å². The quantitative estimate of drug-likeness (QED) is 0.461. The predicted molar refractivity (Wildman–Crippen MR) is 67.8 cm³/mol. The second kappa shape index (κ2) is 6.44. The van der Waals surface area contributed by atoms with Crippen molar-refractivity contribution in [2.75, 3.05) is 5.75 Å². The molecule has 0 aliphatic carbocycles. The summed E-state index contributed by atoms with van der Waals surface area (Å²) in [5.41, 5.74) is 0. The van der Waals surface area contributed by atoms with Crippen LogP contribution in [0.25, 0.3) is 6.08 Å². The van der Waals surface area contributed by atoms with Crippen LogP contribution in [0.2, 0.25) is 0 Å². The minimum absolute atomic E-state index is 0.111. The van der Waals surface area contributed by atoms with E-state index in [1.165, 1.54) is 24.8 Å². The number of thiophene rings is 1. The number of nitro groups is 1. The Morgan fingerprint density at radius 1 is 1.62 bits per heavy atom. The number of rotatable bonds is 5. The molecule has 16 heavy (non-hydrogen) atoms. The van der Waals surface area contributed by atoms with E-state index in [1.807, 2.05) is 12.2 Å². The maximum Gasteiger partial charge on any atom is 0.324 e. The van der Waals surface area contributed by atoms with E-state index in [4.69, 9.17) is 0 Å². The van der Waals surface area contributed by atoms with Gasteiger partial charge in [0.2, 0.25) is 0 Å². The molecule has 0 aromatic carbocycles. The maximum absolute atomic E-state index is 10.6. The molecule has 0 aliphatic heterocycles. The van der Waals surface area contributed by atoms with E-state index in [0.717, 1.165) is 28.4 Å². The summed E-state index contributed by atoms with van der Waals surface area (Å²) < 4.78 is 0. The van der Waals surface area contributed by atoms with Gasteiger partial charge in [0.25, 0.3) is 0 Å². The molecule has 86 valence electrons. The van der Waals surface area contributed by atoms with Gasteiger partial charge in [-0.15, -0.1) is 0 Å². The van der Waals surface area contributed by atoms with Gasteiger partial charge >= 0.3 is 5.00 Å². The first-order valence-electron chi connectivity index (χ1n) is 4.63. The molecule has 0 unspecified atom stereocenters. The smallest absolute Gasteiger partial charge is 0.288 e. The first kappa shape index (κ1) is 12.9. The van der Waals surface area contributed by atoms with E-state index < -0.39 is 4.92 Å². The molecule has 0 amide bonds. The molecule has 1 rings (SSSR count). The molecular formula is C10H11NO3S2. The van der Waals surface area contributed by atoms with Gasteiger partial charge in [0, 0.05) is 23.6 Å². The van der Waals surface area contributed by atoms with E-state index in [0.29, 0.717) is 0 Å². The summed E-state index contributed by atoms with van der Waals surface area (Å²) in [7, 11) is 0. The Kier molecular flexibility index (Phi) is 5.21. The van der Waals surface area contributed by atoms with Crippen LogP contribution >= 0.6 is 23.1 Å². The largest absolute Gasteiger partial charge is 0.324 e. The van der Waals surface area contributed by atoms with Crippen molar-refractivity contribution < 1.29 is 9.72 Å². The molecule has 0 aliphatic rings. The van der Waals surface area contributed by atoms with E-state index in [1.54, 1.807) is 6.07 Å². The first-order valence-corrected chi connectivity index (χ1v) is 6.44. The van der Waals surface area contributed by atoms with E-state index >= 15 is 0 Å². The normalized spacial score (nSPS) is 10.8. The first-order chi connectivity index (χ1) is 7.59. The third kappa shape index (κ3) is 4.59. The van der Waals surface area contributed by atoms with E-state index in [2.05, 4.69) is 0 Å². The minimum Gasteiger partial charge on any atom is -0.288 e. The summed E-state index contributed by atoms with van der Waals surface area (Å²) in [6, 6.07) is 3.21. The Labute approximate surface area is 102 Å². The van der Waals surface area contributed by atoms with Crippen molar-refractivity contribution in [1.82, 2.24) is 0 Å². The van der Waals surface area contributed by atoms with Crippen molar-refractivity contribution in [1.29, 1.82) is 0 Å². The molecule has 0 bridgehead atoms. The van der Waals surface area contributed by atoms with Crippen molar-refractivity contribution in [3.05, 3.63) is 33.2 Å². The van der Waals surface area contributed by atoms with E-state index in [9.17, 15) is 14.9 Å². The Balaban J connectivity index is 2.38. The zero-order chi connectivity index (χ0) is 12.0. The zero-order valence-electron chi connectivity index (χ0n) is 8.71. The summed E-state index contributed by atoms with van der Waals surface area (Å²) in [6.07, 6.45) is 4.56. The Morgan fingerprint density at radius 3 is 2.94 bits per heavy atom. The molecule has 0 N–H and O–H groups in total. The van der Waals surface area contributed by atoms with E-state index in [-0.39, 0.29) is 10.1 Å². The molecule has 0 spiro atoms. The van der Waals surface area contributed by atoms with Gasteiger partial charge in [0.15, 0.2) is 5.12 Å². The molecule has 0 atom stereocenters. The topological polar surface area (TPSA) is 60.2 Å². The molecular weight excluding hydrogens is 246 g/mol. The molecule has 6 heteroatoms. The number of nitrogens with zero attached hydrogens (tertiary/aromatic N) is 1. The van der Waals surface area contributed by atoms with Gasteiger partial charge in [-0.1, -0.05) is 29.2 Å². The van der Waals surface area contributed by atoms with Gasteiger partial charge in [-0.05, 0) is 18.6 Å². The molecule has 1 aromatic heterocycles. The second-order valence-corrected chi connectivity index (χ2v) is 5.33. The summed E-state index contributed by atoms with van der Waals surface area (Å²) in [6.45, 7) is 1.54. The highest BCUT2D eigenvalue weighted by Gasteiger charge is 2.07. The minimum atomic E-state index is -0.395. The van der Waals surface area contributed by atoms with Gasteiger partial charge in [0.05, 0.1) is 4.92 Å². The van der Waals surface area contributed by atoms with Crippen LogP contribution in [0.15, 0.2) is 18.2 Å². The fourth-order valence-electron chi connectivity index (χ4n) is 1.00. The molecule has 1 heterocycles. The molecule has 0 fully saturated rings. The number of hydrogen-bond acceptors (Lipinski definition) is 5. The Hall–Kier alpha value is -1.14. The van der Waals surface area contributed by atoms with Gasteiger partial charge in [-0.3, -0.25) is 14.9 Å². The summed E-state index contributed by atoms with van der Waals surface area (Å²) in [5, 5.41) is 10.7. The fourth-order valence-corrected chi connectivity index (χ4v) is 2.29. The monoisotopic (exact) mass is 257 g/mol. The van der Waals surface area contributed by atoms with Crippen molar-refractivity contribution in [2.24, 2.45) is 0 Å². The van der Waals surface area contributed by atoms with Crippen LogP contribution in [0.5, 0.6) is 0 Å². The Morgan fingerprint density at radius 2 is 2.38 bits per heavy atom. The molecule has 0 saturated carbocycles. The summed E-state index contributed by atoms with van der Waals surface area (Å²) in [4.78, 5) is 21.5. The van der Waals surface area contributed by atoms with Gasteiger partial charge < -0.3 is 0 Å². The van der Waals surface area contributed by atoms with Crippen molar-refractivity contribution >= 4 is 39.3 Å². The highest BCUT2D eigenvalue weighted by Crippen LogP contribution is 2.24. The van der Waals surface area contributed by atoms with Gasteiger partial charge in [0.1, 0.15) is 0 Å². The van der Waals surface area contributed by atoms with Crippen molar-refractivity contribution in [2.45, 2.75) is 13.3 Å². The summed E-state index contributed by atoms with van der Waals surface area (Å²) >= 11 is 2.43. The number of carbonyl (C=O) groups is 1. The highest BCUT2D eigenvalue weighted by molar-refractivity contribution is 8.13. The van der Waals surface area contributed by atoms with Crippen LogP contribution in [-0.4, -0.2) is 15.8 Å². The second-order valence-electron chi connectivity index (χ2n) is 2.96. The van der Waals surface area contributed by atoms with Crippen molar-refractivity contribution in [3.8, 4) is 0 Å². The average Bonchev–Trinajstić information content (AvgIpc) is 2.65. The van der Waals surface area contributed by atoms with Crippen LogP contribution in [0.4, 0.5) is 5.00 Å². The maximum atomic E-state index is 10.6. The molecule has 0 radical (unpaired) electrons. The molecule has 0 saturated heterocycles. The summed E-state index contributed by atoms with van der Waals surface area (Å²) in [5.74, 6) is 0.749. The Bertz CT molecular complexity index is 412. The third-order valence-electron chi connectivity index (χ3n) is 1.66. The average molecular weight is 257 g/mol. The lowest BCUT2D eigenvalue weighted by Crippen LogP contribution is -1.83. The third-order valence-corrected chi connectivity index (χ3v) is 3.51. The number of carbonyl (C=O) groups excluding carboxylic acids is 1. The lowest BCUT2D eigenvalue weighted by Gasteiger charge is -1.90. The standard InChI is InChI=1S/C10H11NO3S2/c1-8(12)15-7-3-2-4-9-5-6-10(16-9)11(13)14/h2,4-6H,3,7H2,1H3. The number of allylic oxidation sites excluding steroid dienone is 1. The van der Waals surface area contributed by atoms with Crippen LogP contribution in [-0.2, 0) is 4.79 Å². The van der Waals surface area contributed by atoms with Gasteiger partial charge in [-0.2, -0.15) is 0 Å². The predicted octanol–water partition coefficient (Wildman–Crippen LogP) is 3.34.